The average Bonchev–Trinajstić information content (AvgIpc) is 2.26. The van der Waals surface area contributed by atoms with Gasteiger partial charge in [0.25, 0.3) is 0 Å². The molecule has 0 radical (unpaired) electrons. The highest BCUT2D eigenvalue weighted by Crippen LogP contribution is 2.39. The molecule has 0 spiro atoms. The van der Waals surface area contributed by atoms with Gasteiger partial charge in [0.05, 0.1) is 0 Å². The molecular weight excluding hydrogens is 212 g/mol. The largest absolute Gasteiger partial charge is 0.370 e. The molecule has 92 valence electrons. The minimum Gasteiger partial charge on any atom is -0.370 e. The van der Waals surface area contributed by atoms with Gasteiger partial charge in [-0.15, -0.1) is 0 Å². The van der Waals surface area contributed by atoms with E-state index in [1.807, 2.05) is 19.1 Å². The Balaban J connectivity index is 2.14. The Bertz CT molecular complexity index is 421. The molecule has 1 fully saturated rings. The zero-order valence-corrected chi connectivity index (χ0v) is 10.2. The van der Waals surface area contributed by atoms with E-state index in [1.54, 1.807) is 0 Å². The molecular formula is C13H20N4. The van der Waals surface area contributed by atoms with Crippen molar-refractivity contribution in [1.29, 1.82) is 0 Å². The number of hydrogen-bond donors (Lipinski definition) is 3. The fraction of sp³-hybridized carbons (Fsp3) is 0.462. The first-order valence-corrected chi connectivity index (χ1v) is 6.10. The van der Waals surface area contributed by atoms with Gasteiger partial charge in [0.15, 0.2) is 5.96 Å². The van der Waals surface area contributed by atoms with Crippen LogP contribution in [0.3, 0.4) is 0 Å². The SMILES string of the molecule is CCN=C(N)Nc1cccc(C2(N)CCC2)c1. The van der Waals surface area contributed by atoms with Gasteiger partial charge in [-0.1, -0.05) is 12.1 Å². The molecule has 1 aliphatic carbocycles. The van der Waals surface area contributed by atoms with E-state index in [0.717, 1.165) is 18.5 Å². The van der Waals surface area contributed by atoms with Crippen LogP contribution >= 0.6 is 0 Å². The molecule has 5 N–H and O–H groups in total. The molecule has 0 bridgehead atoms. The van der Waals surface area contributed by atoms with E-state index in [4.69, 9.17) is 11.5 Å². The minimum absolute atomic E-state index is 0.131. The summed E-state index contributed by atoms with van der Waals surface area (Å²) in [5, 5.41) is 3.08. The molecule has 1 aromatic carbocycles. The molecule has 0 atom stereocenters. The Morgan fingerprint density at radius 1 is 1.47 bits per heavy atom. The first-order chi connectivity index (χ1) is 8.14. The standard InChI is InChI=1S/C13H20N4/c1-2-16-12(14)17-11-6-3-5-10(9-11)13(15)7-4-8-13/h3,5-6,9H,2,4,7-8,15H2,1H3,(H3,14,16,17). The van der Waals surface area contributed by atoms with Crippen LogP contribution < -0.4 is 16.8 Å². The van der Waals surface area contributed by atoms with Crippen molar-refractivity contribution in [2.45, 2.75) is 31.7 Å². The van der Waals surface area contributed by atoms with E-state index in [0.29, 0.717) is 12.5 Å². The third kappa shape index (κ3) is 2.58. The first kappa shape index (κ1) is 11.9. The van der Waals surface area contributed by atoms with Gasteiger partial charge in [-0.25, -0.2) is 0 Å². The molecule has 0 amide bonds. The normalized spacial score (nSPS) is 18.6. The van der Waals surface area contributed by atoms with Crippen molar-refractivity contribution in [2.75, 3.05) is 11.9 Å². The van der Waals surface area contributed by atoms with Crippen LogP contribution in [-0.4, -0.2) is 12.5 Å². The number of aliphatic imine (C=N–C) groups is 1. The van der Waals surface area contributed by atoms with Crippen molar-refractivity contribution in [1.82, 2.24) is 0 Å². The lowest BCUT2D eigenvalue weighted by molar-refractivity contribution is 0.254. The zero-order chi connectivity index (χ0) is 12.3. The van der Waals surface area contributed by atoms with Crippen molar-refractivity contribution >= 4 is 11.6 Å². The Hall–Kier alpha value is -1.55. The van der Waals surface area contributed by atoms with Crippen LogP contribution in [0.25, 0.3) is 0 Å². The lowest BCUT2D eigenvalue weighted by Gasteiger charge is -2.38. The Labute approximate surface area is 102 Å². The van der Waals surface area contributed by atoms with E-state index in [1.165, 1.54) is 12.0 Å². The second-order valence-corrected chi connectivity index (χ2v) is 4.58. The molecule has 4 heteroatoms. The van der Waals surface area contributed by atoms with Gasteiger partial charge in [-0.3, -0.25) is 4.99 Å². The summed E-state index contributed by atoms with van der Waals surface area (Å²) in [6.45, 7) is 2.63. The summed E-state index contributed by atoms with van der Waals surface area (Å²) in [4.78, 5) is 4.10. The molecule has 4 nitrogen and oxygen atoms in total. The Morgan fingerprint density at radius 3 is 2.82 bits per heavy atom. The summed E-state index contributed by atoms with van der Waals surface area (Å²) in [6, 6.07) is 8.13. The summed E-state index contributed by atoms with van der Waals surface area (Å²) in [5.74, 6) is 0.448. The van der Waals surface area contributed by atoms with Crippen LogP contribution in [0.1, 0.15) is 31.7 Å². The molecule has 1 saturated carbocycles. The number of nitrogens with two attached hydrogens (primary N) is 2. The van der Waals surface area contributed by atoms with Crippen molar-refractivity contribution < 1.29 is 0 Å². The smallest absolute Gasteiger partial charge is 0.193 e. The van der Waals surface area contributed by atoms with E-state index in [9.17, 15) is 0 Å². The van der Waals surface area contributed by atoms with Crippen LogP contribution in [0.4, 0.5) is 5.69 Å². The highest BCUT2D eigenvalue weighted by molar-refractivity contribution is 5.92. The summed E-state index contributed by atoms with van der Waals surface area (Å²) in [6.07, 6.45) is 3.34. The highest BCUT2D eigenvalue weighted by Gasteiger charge is 2.34. The van der Waals surface area contributed by atoms with Gasteiger partial charge in [-0.2, -0.15) is 0 Å². The number of nitrogens with one attached hydrogen (secondary N) is 1. The third-order valence-electron chi connectivity index (χ3n) is 3.28. The molecule has 2 rings (SSSR count). The maximum atomic E-state index is 6.29. The van der Waals surface area contributed by atoms with Gasteiger partial charge in [0, 0.05) is 17.8 Å². The molecule has 1 aliphatic rings. The van der Waals surface area contributed by atoms with Crippen molar-refractivity contribution in [3.05, 3.63) is 29.8 Å². The monoisotopic (exact) mass is 232 g/mol. The van der Waals surface area contributed by atoms with Gasteiger partial charge in [0.2, 0.25) is 0 Å². The van der Waals surface area contributed by atoms with Gasteiger partial charge >= 0.3 is 0 Å². The average molecular weight is 232 g/mol. The Kier molecular flexibility index (Phi) is 3.33. The predicted octanol–water partition coefficient (Wildman–Crippen LogP) is 1.77. The quantitative estimate of drug-likeness (QED) is 0.549. The second kappa shape index (κ2) is 4.75. The van der Waals surface area contributed by atoms with E-state index >= 15 is 0 Å². The molecule has 0 unspecified atom stereocenters. The van der Waals surface area contributed by atoms with Gasteiger partial charge in [-0.05, 0) is 43.9 Å². The van der Waals surface area contributed by atoms with E-state index in [-0.39, 0.29) is 5.54 Å². The van der Waals surface area contributed by atoms with Crippen LogP contribution in [-0.2, 0) is 5.54 Å². The number of anilines is 1. The van der Waals surface area contributed by atoms with Gasteiger partial charge in [0.1, 0.15) is 0 Å². The van der Waals surface area contributed by atoms with Crippen LogP contribution in [0, 0.1) is 0 Å². The van der Waals surface area contributed by atoms with E-state index < -0.39 is 0 Å². The summed E-state index contributed by atoms with van der Waals surface area (Å²) < 4.78 is 0. The van der Waals surface area contributed by atoms with Crippen LogP contribution in [0.2, 0.25) is 0 Å². The number of benzene rings is 1. The number of hydrogen-bond acceptors (Lipinski definition) is 2. The van der Waals surface area contributed by atoms with Crippen molar-refractivity contribution in [2.24, 2.45) is 16.5 Å². The topological polar surface area (TPSA) is 76.4 Å². The number of rotatable bonds is 3. The van der Waals surface area contributed by atoms with Crippen LogP contribution in [0.5, 0.6) is 0 Å². The minimum atomic E-state index is -0.131. The van der Waals surface area contributed by atoms with E-state index in [2.05, 4.69) is 22.4 Å². The molecule has 0 aromatic heterocycles. The summed E-state index contributed by atoms with van der Waals surface area (Å²) >= 11 is 0. The maximum Gasteiger partial charge on any atom is 0.193 e. The Morgan fingerprint density at radius 2 is 2.24 bits per heavy atom. The van der Waals surface area contributed by atoms with Crippen LogP contribution in [0.15, 0.2) is 29.3 Å². The summed E-state index contributed by atoms with van der Waals surface area (Å²) in [7, 11) is 0. The molecule has 0 aliphatic heterocycles. The highest BCUT2D eigenvalue weighted by atomic mass is 15.1. The predicted molar refractivity (Wildman–Crippen MR) is 71.9 cm³/mol. The third-order valence-corrected chi connectivity index (χ3v) is 3.28. The number of guanidine groups is 1. The molecule has 0 heterocycles. The first-order valence-electron chi connectivity index (χ1n) is 6.10. The van der Waals surface area contributed by atoms with Crippen molar-refractivity contribution in [3.8, 4) is 0 Å². The molecule has 17 heavy (non-hydrogen) atoms. The second-order valence-electron chi connectivity index (χ2n) is 4.58. The fourth-order valence-corrected chi connectivity index (χ4v) is 2.11. The summed E-state index contributed by atoms with van der Waals surface area (Å²) in [5.41, 5.74) is 14.0. The fourth-order valence-electron chi connectivity index (χ4n) is 2.11. The van der Waals surface area contributed by atoms with Crippen molar-refractivity contribution in [3.63, 3.8) is 0 Å². The number of nitrogens with zero attached hydrogens (tertiary/aromatic N) is 1. The van der Waals surface area contributed by atoms with Gasteiger partial charge < -0.3 is 16.8 Å². The lowest BCUT2D eigenvalue weighted by Crippen LogP contribution is -2.43. The maximum absolute atomic E-state index is 6.29. The zero-order valence-electron chi connectivity index (χ0n) is 10.2. The molecule has 0 saturated heterocycles. The molecule has 1 aromatic rings. The lowest BCUT2D eigenvalue weighted by atomic mass is 9.73.